The summed E-state index contributed by atoms with van der Waals surface area (Å²) in [5.41, 5.74) is 0.574. The minimum Gasteiger partial charge on any atom is -0.383 e. The van der Waals surface area contributed by atoms with E-state index in [1.165, 1.54) is 6.42 Å². The highest BCUT2D eigenvalue weighted by molar-refractivity contribution is 7.91. The molecule has 0 aromatic carbocycles. The number of hydrogen-bond acceptors (Lipinski definition) is 6. The standard InChI is InChI=1S/C20H37N3O4S/c1-20(2,3)16-28(24,25)19-21-14-17(23(19)11-13-26-5)15-22(4)10-9-18-8-6-7-12-27-18/h14,18H,6-13,15-16H2,1-5H3. The van der Waals surface area contributed by atoms with Crippen LogP contribution in [0.15, 0.2) is 11.4 Å². The fraction of sp³-hybridized carbons (Fsp3) is 0.850. The smallest absolute Gasteiger partial charge is 0.227 e. The fourth-order valence-corrected chi connectivity index (χ4v) is 5.60. The Morgan fingerprint density at radius 1 is 1.36 bits per heavy atom. The van der Waals surface area contributed by atoms with Gasteiger partial charge < -0.3 is 18.9 Å². The molecule has 0 N–H and O–H groups in total. The van der Waals surface area contributed by atoms with Crippen LogP contribution in [0.5, 0.6) is 0 Å². The molecule has 0 bridgehead atoms. The van der Waals surface area contributed by atoms with Crippen LogP contribution in [0.3, 0.4) is 0 Å². The topological polar surface area (TPSA) is 73.7 Å². The molecule has 162 valence electrons. The maximum atomic E-state index is 12.9. The fourth-order valence-electron chi connectivity index (χ4n) is 3.58. The highest BCUT2D eigenvalue weighted by Crippen LogP contribution is 2.23. The van der Waals surface area contributed by atoms with E-state index in [0.717, 1.165) is 38.1 Å². The Morgan fingerprint density at radius 3 is 2.71 bits per heavy atom. The summed E-state index contributed by atoms with van der Waals surface area (Å²) >= 11 is 0. The molecule has 0 saturated carbocycles. The summed E-state index contributed by atoms with van der Waals surface area (Å²) in [6.07, 6.45) is 6.58. The molecule has 0 spiro atoms. The van der Waals surface area contributed by atoms with E-state index in [1.807, 2.05) is 20.8 Å². The number of methoxy groups -OCH3 is 1. The maximum Gasteiger partial charge on any atom is 0.227 e. The van der Waals surface area contributed by atoms with Gasteiger partial charge in [-0.2, -0.15) is 0 Å². The predicted octanol–water partition coefficient (Wildman–Crippen LogP) is 2.74. The number of imidazole rings is 1. The monoisotopic (exact) mass is 415 g/mol. The highest BCUT2D eigenvalue weighted by atomic mass is 32.2. The molecule has 1 aliphatic heterocycles. The van der Waals surface area contributed by atoms with Gasteiger partial charge in [-0.3, -0.25) is 0 Å². The molecular weight excluding hydrogens is 378 g/mol. The third-order valence-corrected chi connectivity index (χ3v) is 6.99. The lowest BCUT2D eigenvalue weighted by Gasteiger charge is -2.25. The maximum absolute atomic E-state index is 12.9. The van der Waals surface area contributed by atoms with E-state index in [0.29, 0.717) is 25.8 Å². The molecule has 1 atom stereocenters. The minimum absolute atomic E-state index is 0.0678. The molecule has 1 fully saturated rings. The molecule has 0 aliphatic carbocycles. The number of rotatable bonds is 10. The van der Waals surface area contributed by atoms with Crippen molar-refractivity contribution in [1.29, 1.82) is 0 Å². The van der Waals surface area contributed by atoms with Gasteiger partial charge in [0.05, 0.1) is 30.4 Å². The van der Waals surface area contributed by atoms with Gasteiger partial charge in [0.25, 0.3) is 0 Å². The average Bonchev–Trinajstić information content (AvgIpc) is 3.00. The van der Waals surface area contributed by atoms with Crippen LogP contribution in [-0.2, 0) is 32.4 Å². The molecule has 8 heteroatoms. The van der Waals surface area contributed by atoms with Gasteiger partial charge in [0.1, 0.15) is 0 Å². The van der Waals surface area contributed by atoms with E-state index in [1.54, 1.807) is 17.9 Å². The first-order valence-corrected chi connectivity index (χ1v) is 11.8. The first-order chi connectivity index (χ1) is 13.1. The molecule has 1 saturated heterocycles. The molecule has 28 heavy (non-hydrogen) atoms. The summed E-state index contributed by atoms with van der Waals surface area (Å²) in [5.74, 6) is 0.0678. The van der Waals surface area contributed by atoms with Crippen LogP contribution >= 0.6 is 0 Å². The minimum atomic E-state index is -3.47. The summed E-state index contributed by atoms with van der Waals surface area (Å²) in [7, 11) is 0.211. The lowest BCUT2D eigenvalue weighted by Crippen LogP contribution is -2.28. The lowest BCUT2D eigenvalue weighted by atomic mass is 10.0. The Kier molecular flexibility index (Phi) is 8.48. The van der Waals surface area contributed by atoms with Gasteiger partial charge in [0.2, 0.25) is 15.0 Å². The zero-order valence-corrected chi connectivity index (χ0v) is 18.9. The third kappa shape index (κ3) is 7.13. The molecule has 1 aliphatic rings. The summed E-state index contributed by atoms with van der Waals surface area (Å²) in [6, 6.07) is 0. The van der Waals surface area contributed by atoms with Crippen LogP contribution in [0.25, 0.3) is 0 Å². The molecule has 1 unspecified atom stereocenters. The van der Waals surface area contributed by atoms with Crippen molar-refractivity contribution in [3.8, 4) is 0 Å². The molecule has 0 radical (unpaired) electrons. The van der Waals surface area contributed by atoms with E-state index in [2.05, 4.69) is 16.9 Å². The Labute approximate surface area is 170 Å². The van der Waals surface area contributed by atoms with Gasteiger partial charge in [0, 0.05) is 33.4 Å². The second kappa shape index (κ2) is 10.2. The molecule has 7 nitrogen and oxygen atoms in total. The van der Waals surface area contributed by atoms with Gasteiger partial charge in [-0.1, -0.05) is 20.8 Å². The first-order valence-electron chi connectivity index (χ1n) is 10.2. The zero-order chi connectivity index (χ0) is 20.8. The van der Waals surface area contributed by atoms with E-state index >= 15 is 0 Å². The second-order valence-electron chi connectivity index (χ2n) is 9.01. The van der Waals surface area contributed by atoms with Crippen molar-refractivity contribution in [3.05, 3.63) is 11.9 Å². The normalized spacial score (nSPS) is 18.7. The van der Waals surface area contributed by atoms with Gasteiger partial charge in [-0.15, -0.1) is 0 Å². The predicted molar refractivity (Wildman–Crippen MR) is 110 cm³/mol. The Bertz CT molecular complexity index is 704. The number of aromatic nitrogens is 2. The summed E-state index contributed by atoms with van der Waals surface area (Å²) in [5, 5.41) is 0.151. The van der Waals surface area contributed by atoms with Crippen molar-refractivity contribution in [1.82, 2.24) is 14.5 Å². The van der Waals surface area contributed by atoms with Crippen molar-refractivity contribution < 1.29 is 17.9 Å². The van der Waals surface area contributed by atoms with Crippen molar-refractivity contribution in [3.63, 3.8) is 0 Å². The number of nitrogens with zero attached hydrogens (tertiary/aromatic N) is 3. The van der Waals surface area contributed by atoms with Crippen LogP contribution in [0.4, 0.5) is 0 Å². The van der Waals surface area contributed by atoms with Crippen molar-refractivity contribution in [2.24, 2.45) is 5.41 Å². The SMILES string of the molecule is COCCn1c(CN(C)CCC2CCCCO2)cnc1S(=O)(=O)CC(C)(C)C. The quantitative estimate of drug-likeness (QED) is 0.585. The van der Waals surface area contributed by atoms with Gasteiger partial charge in [0.15, 0.2) is 0 Å². The molecule has 2 rings (SSSR count). The highest BCUT2D eigenvalue weighted by Gasteiger charge is 2.29. The van der Waals surface area contributed by atoms with Gasteiger partial charge in [-0.05, 0) is 38.1 Å². The number of ether oxygens (including phenoxy) is 2. The van der Waals surface area contributed by atoms with Crippen molar-refractivity contribution in [2.75, 3.05) is 39.7 Å². The molecule has 1 aromatic heterocycles. The zero-order valence-electron chi connectivity index (χ0n) is 18.1. The molecule has 2 heterocycles. The Morgan fingerprint density at radius 2 is 2.11 bits per heavy atom. The van der Waals surface area contributed by atoms with Gasteiger partial charge in [-0.25, -0.2) is 13.4 Å². The van der Waals surface area contributed by atoms with E-state index in [9.17, 15) is 8.42 Å². The van der Waals surface area contributed by atoms with Crippen molar-refractivity contribution in [2.45, 2.75) is 70.8 Å². The van der Waals surface area contributed by atoms with Crippen LogP contribution < -0.4 is 0 Å². The number of sulfone groups is 1. The first kappa shape index (κ1) is 23.3. The Hall–Kier alpha value is -0.960. The summed E-state index contributed by atoms with van der Waals surface area (Å²) in [6.45, 7) is 9.12. The summed E-state index contributed by atoms with van der Waals surface area (Å²) in [4.78, 5) is 6.50. The number of hydrogen-bond donors (Lipinski definition) is 0. The van der Waals surface area contributed by atoms with E-state index in [-0.39, 0.29) is 16.3 Å². The Balaban J connectivity index is 2.09. The van der Waals surface area contributed by atoms with Crippen LogP contribution in [0.1, 0.15) is 52.1 Å². The summed E-state index contributed by atoms with van der Waals surface area (Å²) < 4.78 is 38.6. The third-order valence-electron chi connectivity index (χ3n) is 4.86. The van der Waals surface area contributed by atoms with E-state index in [4.69, 9.17) is 9.47 Å². The van der Waals surface area contributed by atoms with Crippen molar-refractivity contribution >= 4 is 9.84 Å². The average molecular weight is 416 g/mol. The molecule has 0 amide bonds. The molecular formula is C20H37N3O4S. The van der Waals surface area contributed by atoms with Crippen LogP contribution in [0.2, 0.25) is 0 Å². The molecule has 1 aromatic rings. The lowest BCUT2D eigenvalue weighted by molar-refractivity contribution is 0.00630. The second-order valence-corrected chi connectivity index (χ2v) is 10.9. The van der Waals surface area contributed by atoms with E-state index < -0.39 is 9.84 Å². The van der Waals surface area contributed by atoms with Gasteiger partial charge >= 0.3 is 0 Å². The van der Waals surface area contributed by atoms with Crippen LogP contribution in [0, 0.1) is 5.41 Å². The largest absolute Gasteiger partial charge is 0.383 e. The van der Waals surface area contributed by atoms with Crippen LogP contribution in [-0.4, -0.2) is 68.6 Å².